The van der Waals surface area contributed by atoms with Crippen molar-refractivity contribution in [2.24, 2.45) is 5.92 Å². The minimum absolute atomic E-state index is 0.165. The van der Waals surface area contributed by atoms with Gasteiger partial charge in [0, 0.05) is 6.04 Å². The van der Waals surface area contributed by atoms with Crippen molar-refractivity contribution in [1.82, 2.24) is 5.32 Å². The summed E-state index contributed by atoms with van der Waals surface area (Å²) < 4.78 is 19.4. The maximum Gasteiger partial charge on any atom is 0.165 e. The molecule has 1 aromatic rings. The summed E-state index contributed by atoms with van der Waals surface area (Å²) in [6.07, 6.45) is 2.11. The van der Waals surface area contributed by atoms with E-state index in [9.17, 15) is 4.39 Å². The van der Waals surface area contributed by atoms with Crippen LogP contribution in [0.1, 0.15) is 52.1 Å². The summed E-state index contributed by atoms with van der Waals surface area (Å²) in [6, 6.07) is 5.40. The monoisotopic (exact) mass is 267 g/mol. The van der Waals surface area contributed by atoms with Crippen LogP contribution in [0.4, 0.5) is 4.39 Å². The first-order valence-electron chi connectivity index (χ1n) is 7.24. The number of ether oxygens (including phenoxy) is 1. The van der Waals surface area contributed by atoms with Crippen LogP contribution in [0.25, 0.3) is 0 Å². The van der Waals surface area contributed by atoms with Crippen LogP contribution < -0.4 is 10.1 Å². The zero-order valence-electron chi connectivity index (χ0n) is 12.5. The molecule has 0 radical (unpaired) electrons. The normalized spacial score (nSPS) is 14.2. The first-order valence-corrected chi connectivity index (χ1v) is 7.24. The van der Waals surface area contributed by atoms with Crippen LogP contribution in [0, 0.1) is 11.7 Å². The summed E-state index contributed by atoms with van der Waals surface area (Å²) in [5.74, 6) is 0.530. The Hall–Kier alpha value is -1.09. The molecule has 0 saturated carbocycles. The lowest BCUT2D eigenvalue weighted by molar-refractivity contribution is 0.246. The van der Waals surface area contributed by atoms with Crippen molar-refractivity contribution < 1.29 is 9.13 Å². The zero-order chi connectivity index (χ0) is 14.3. The first-order chi connectivity index (χ1) is 9.08. The van der Waals surface area contributed by atoms with Crippen LogP contribution in [-0.2, 0) is 0 Å². The standard InChI is InChI=1S/C16H26FNO/c1-5-9-18-13(4)14-7-8-16(15(17)10-14)19-11-12(3)6-2/h7-8,10,12-13,18H,5-6,9,11H2,1-4H3. The van der Waals surface area contributed by atoms with Gasteiger partial charge in [-0.3, -0.25) is 0 Å². The van der Waals surface area contributed by atoms with Gasteiger partial charge in [0.25, 0.3) is 0 Å². The summed E-state index contributed by atoms with van der Waals surface area (Å²) in [4.78, 5) is 0. The second-order valence-corrected chi connectivity index (χ2v) is 5.19. The Morgan fingerprint density at radius 2 is 2.00 bits per heavy atom. The summed E-state index contributed by atoms with van der Waals surface area (Å²) in [7, 11) is 0. The number of hydrogen-bond acceptors (Lipinski definition) is 2. The van der Waals surface area contributed by atoms with Gasteiger partial charge in [-0.1, -0.05) is 33.3 Å². The highest BCUT2D eigenvalue weighted by atomic mass is 19.1. The van der Waals surface area contributed by atoms with Gasteiger partial charge < -0.3 is 10.1 Å². The van der Waals surface area contributed by atoms with Gasteiger partial charge in [0.15, 0.2) is 11.6 Å². The molecule has 3 heteroatoms. The molecule has 0 fully saturated rings. The maximum absolute atomic E-state index is 13.9. The molecular weight excluding hydrogens is 241 g/mol. The van der Waals surface area contributed by atoms with E-state index in [2.05, 4.69) is 26.1 Å². The van der Waals surface area contributed by atoms with Crippen molar-refractivity contribution in [2.75, 3.05) is 13.2 Å². The van der Waals surface area contributed by atoms with Gasteiger partial charge in [0.05, 0.1) is 6.61 Å². The molecule has 1 N–H and O–H groups in total. The summed E-state index contributed by atoms with van der Waals surface area (Å²) >= 11 is 0. The van der Waals surface area contributed by atoms with Crippen molar-refractivity contribution in [3.05, 3.63) is 29.6 Å². The van der Waals surface area contributed by atoms with Crippen LogP contribution in [0.15, 0.2) is 18.2 Å². The minimum Gasteiger partial charge on any atom is -0.490 e. The van der Waals surface area contributed by atoms with Gasteiger partial charge >= 0.3 is 0 Å². The van der Waals surface area contributed by atoms with E-state index in [0.29, 0.717) is 18.3 Å². The quantitative estimate of drug-likeness (QED) is 0.757. The minimum atomic E-state index is -0.272. The first kappa shape index (κ1) is 16.0. The molecule has 0 bridgehead atoms. The third-order valence-electron chi connectivity index (χ3n) is 3.38. The molecule has 0 saturated heterocycles. The number of hydrogen-bond donors (Lipinski definition) is 1. The predicted molar refractivity (Wildman–Crippen MR) is 78.1 cm³/mol. The summed E-state index contributed by atoms with van der Waals surface area (Å²) in [5.41, 5.74) is 0.960. The fourth-order valence-corrected chi connectivity index (χ4v) is 1.73. The number of nitrogens with one attached hydrogen (secondary N) is 1. The Morgan fingerprint density at radius 3 is 2.58 bits per heavy atom. The Bertz CT molecular complexity index is 381. The van der Waals surface area contributed by atoms with E-state index in [0.717, 1.165) is 24.9 Å². The highest BCUT2D eigenvalue weighted by Crippen LogP contribution is 2.22. The van der Waals surface area contributed by atoms with Crippen LogP contribution in [0.5, 0.6) is 5.75 Å². The summed E-state index contributed by atoms with van der Waals surface area (Å²) in [6.45, 7) is 9.87. The average molecular weight is 267 g/mol. The Morgan fingerprint density at radius 1 is 1.26 bits per heavy atom. The van der Waals surface area contributed by atoms with Gasteiger partial charge in [-0.15, -0.1) is 0 Å². The maximum atomic E-state index is 13.9. The SMILES string of the molecule is CCCNC(C)c1ccc(OCC(C)CC)c(F)c1. The third kappa shape index (κ3) is 5.19. The molecule has 1 rings (SSSR count). The van der Waals surface area contributed by atoms with E-state index >= 15 is 0 Å². The second kappa shape index (κ2) is 8.16. The van der Waals surface area contributed by atoms with E-state index < -0.39 is 0 Å². The molecule has 0 aromatic heterocycles. The van der Waals surface area contributed by atoms with Gasteiger partial charge in [-0.25, -0.2) is 4.39 Å². The lowest BCUT2D eigenvalue weighted by Crippen LogP contribution is -2.19. The van der Waals surface area contributed by atoms with E-state index in [-0.39, 0.29) is 11.9 Å². The van der Waals surface area contributed by atoms with Crippen molar-refractivity contribution in [1.29, 1.82) is 0 Å². The highest BCUT2D eigenvalue weighted by Gasteiger charge is 2.10. The number of rotatable bonds is 8. The molecule has 0 aliphatic carbocycles. The van der Waals surface area contributed by atoms with Crippen LogP contribution in [0.3, 0.4) is 0 Å². The van der Waals surface area contributed by atoms with E-state index in [1.165, 1.54) is 0 Å². The highest BCUT2D eigenvalue weighted by molar-refractivity contribution is 5.30. The van der Waals surface area contributed by atoms with Gasteiger partial charge in [0.1, 0.15) is 0 Å². The van der Waals surface area contributed by atoms with Crippen LogP contribution >= 0.6 is 0 Å². The van der Waals surface area contributed by atoms with Crippen molar-refractivity contribution in [3.63, 3.8) is 0 Å². The molecule has 0 heterocycles. The summed E-state index contributed by atoms with van der Waals surface area (Å²) in [5, 5.41) is 3.35. The topological polar surface area (TPSA) is 21.3 Å². The van der Waals surface area contributed by atoms with Crippen LogP contribution in [0.2, 0.25) is 0 Å². The lowest BCUT2D eigenvalue weighted by Gasteiger charge is -2.16. The fraction of sp³-hybridized carbons (Fsp3) is 0.625. The van der Waals surface area contributed by atoms with Gasteiger partial charge in [-0.2, -0.15) is 0 Å². The lowest BCUT2D eigenvalue weighted by atomic mass is 10.1. The Balaban J connectivity index is 2.63. The van der Waals surface area contributed by atoms with Crippen molar-refractivity contribution in [3.8, 4) is 5.75 Å². The van der Waals surface area contributed by atoms with E-state index in [4.69, 9.17) is 4.74 Å². The smallest absolute Gasteiger partial charge is 0.165 e. The number of benzene rings is 1. The molecule has 19 heavy (non-hydrogen) atoms. The van der Waals surface area contributed by atoms with Crippen LogP contribution in [-0.4, -0.2) is 13.2 Å². The Kier molecular flexibility index (Phi) is 6.85. The molecule has 0 aliphatic rings. The molecular formula is C16H26FNO. The van der Waals surface area contributed by atoms with E-state index in [1.807, 2.05) is 13.0 Å². The van der Waals surface area contributed by atoms with Crippen molar-refractivity contribution in [2.45, 2.75) is 46.6 Å². The third-order valence-corrected chi connectivity index (χ3v) is 3.38. The molecule has 0 amide bonds. The molecule has 2 unspecified atom stereocenters. The zero-order valence-corrected chi connectivity index (χ0v) is 12.5. The average Bonchev–Trinajstić information content (AvgIpc) is 2.42. The molecule has 0 spiro atoms. The fourth-order valence-electron chi connectivity index (χ4n) is 1.73. The molecule has 108 valence electrons. The Labute approximate surface area is 116 Å². The molecule has 1 aromatic carbocycles. The van der Waals surface area contributed by atoms with Crippen molar-refractivity contribution >= 4 is 0 Å². The molecule has 2 atom stereocenters. The number of halogens is 1. The second-order valence-electron chi connectivity index (χ2n) is 5.19. The van der Waals surface area contributed by atoms with Gasteiger partial charge in [-0.05, 0) is 43.5 Å². The predicted octanol–water partition coefficient (Wildman–Crippen LogP) is 4.31. The van der Waals surface area contributed by atoms with E-state index in [1.54, 1.807) is 12.1 Å². The molecule has 0 aliphatic heterocycles. The largest absolute Gasteiger partial charge is 0.490 e. The van der Waals surface area contributed by atoms with Gasteiger partial charge in [0.2, 0.25) is 0 Å². The molecule has 2 nitrogen and oxygen atoms in total.